The predicted molar refractivity (Wildman–Crippen MR) is 108 cm³/mol. The van der Waals surface area contributed by atoms with E-state index in [1.165, 1.54) is 0 Å². The van der Waals surface area contributed by atoms with Gasteiger partial charge in [-0.05, 0) is 28.8 Å². The molecule has 1 aliphatic rings. The first-order valence-electron chi connectivity index (χ1n) is 8.58. The zero-order chi connectivity index (χ0) is 18.0. The third-order valence-electron chi connectivity index (χ3n) is 4.84. The van der Waals surface area contributed by atoms with Crippen LogP contribution in [0.1, 0.15) is 22.9 Å². The average Bonchev–Trinajstić information content (AvgIpc) is 3.07. The van der Waals surface area contributed by atoms with Crippen molar-refractivity contribution in [1.82, 2.24) is 10.6 Å². The molecule has 3 nitrogen and oxygen atoms in total. The molecule has 3 aromatic carbocycles. The van der Waals surface area contributed by atoms with Gasteiger partial charge in [0, 0.05) is 0 Å². The first kappa shape index (κ1) is 16.8. The molecule has 4 rings (SSSR count). The van der Waals surface area contributed by atoms with Crippen LogP contribution in [0.2, 0.25) is 0 Å². The summed E-state index contributed by atoms with van der Waals surface area (Å²) in [5.74, 6) is 0.840. The molecule has 1 heterocycles. The summed E-state index contributed by atoms with van der Waals surface area (Å²) in [4.78, 5) is 0.774. The summed E-state index contributed by atoms with van der Waals surface area (Å²) in [6.45, 7) is 0. The topological polar surface area (TPSA) is 33.3 Å². The Morgan fingerprint density at radius 2 is 1.35 bits per heavy atom. The fourth-order valence-electron chi connectivity index (χ4n) is 3.49. The molecule has 1 fully saturated rings. The molecular formula is C22H20N2OS. The molecule has 2 N–H and O–H groups in total. The predicted octanol–water partition coefficient (Wildman–Crippen LogP) is 4.16. The SMILES string of the molecule is COc1ccc(C2NC(=S)C(c3ccccc3)(c3ccccc3)N2)cc1. The zero-order valence-electron chi connectivity index (χ0n) is 14.5. The summed E-state index contributed by atoms with van der Waals surface area (Å²) in [7, 11) is 1.67. The van der Waals surface area contributed by atoms with Crippen LogP contribution < -0.4 is 15.4 Å². The van der Waals surface area contributed by atoms with Gasteiger partial charge in [-0.15, -0.1) is 0 Å². The maximum absolute atomic E-state index is 5.84. The van der Waals surface area contributed by atoms with E-state index in [-0.39, 0.29) is 6.17 Å². The summed E-state index contributed by atoms with van der Waals surface area (Å²) in [5.41, 5.74) is 2.81. The number of thiocarbonyl (C=S) groups is 1. The standard InChI is InChI=1S/C22H20N2OS/c1-25-19-14-12-16(13-15-19)20-23-21(26)22(24-20,17-8-4-2-5-9-17)18-10-6-3-7-11-18/h2-15,20,24H,1H3,(H,23,26). The minimum absolute atomic E-state index is 0.0752. The molecule has 0 radical (unpaired) electrons. The molecule has 1 atom stereocenters. The second-order valence-corrected chi connectivity index (χ2v) is 6.71. The van der Waals surface area contributed by atoms with Crippen molar-refractivity contribution in [2.45, 2.75) is 11.7 Å². The number of hydrogen-bond donors (Lipinski definition) is 2. The molecule has 130 valence electrons. The number of nitrogens with one attached hydrogen (secondary N) is 2. The highest BCUT2D eigenvalue weighted by molar-refractivity contribution is 7.80. The lowest BCUT2D eigenvalue weighted by molar-refractivity contribution is 0.414. The van der Waals surface area contributed by atoms with Crippen LogP contribution in [0.5, 0.6) is 5.75 Å². The third kappa shape index (κ3) is 2.77. The lowest BCUT2D eigenvalue weighted by Gasteiger charge is -2.30. The van der Waals surface area contributed by atoms with Crippen molar-refractivity contribution in [2.75, 3.05) is 7.11 Å². The van der Waals surface area contributed by atoms with Gasteiger partial charge in [0.1, 0.15) is 22.4 Å². The van der Waals surface area contributed by atoms with E-state index in [4.69, 9.17) is 17.0 Å². The number of benzene rings is 3. The minimum Gasteiger partial charge on any atom is -0.497 e. The maximum atomic E-state index is 5.84. The molecule has 0 bridgehead atoms. The summed E-state index contributed by atoms with van der Waals surface area (Å²) in [6.07, 6.45) is -0.0752. The van der Waals surface area contributed by atoms with Crippen molar-refractivity contribution in [3.8, 4) is 5.75 Å². The smallest absolute Gasteiger partial charge is 0.122 e. The molecule has 0 spiro atoms. The van der Waals surface area contributed by atoms with E-state index in [2.05, 4.69) is 47.0 Å². The van der Waals surface area contributed by atoms with Crippen LogP contribution in [0, 0.1) is 0 Å². The van der Waals surface area contributed by atoms with Gasteiger partial charge in [0.2, 0.25) is 0 Å². The van der Waals surface area contributed by atoms with Crippen molar-refractivity contribution in [1.29, 1.82) is 0 Å². The highest BCUT2D eigenvalue weighted by atomic mass is 32.1. The quantitative estimate of drug-likeness (QED) is 0.685. The lowest BCUT2D eigenvalue weighted by atomic mass is 9.83. The Labute approximate surface area is 159 Å². The Morgan fingerprint density at radius 3 is 1.85 bits per heavy atom. The highest BCUT2D eigenvalue weighted by Gasteiger charge is 2.46. The fourth-order valence-corrected chi connectivity index (χ4v) is 3.90. The van der Waals surface area contributed by atoms with Crippen LogP contribution in [-0.4, -0.2) is 12.1 Å². The van der Waals surface area contributed by atoms with Crippen LogP contribution in [0.15, 0.2) is 84.9 Å². The van der Waals surface area contributed by atoms with E-state index in [1.54, 1.807) is 7.11 Å². The number of rotatable bonds is 4. The van der Waals surface area contributed by atoms with Gasteiger partial charge in [0.05, 0.1) is 7.11 Å². The van der Waals surface area contributed by atoms with Crippen LogP contribution >= 0.6 is 12.2 Å². The second kappa shape index (κ2) is 6.90. The van der Waals surface area contributed by atoms with Crippen molar-refractivity contribution >= 4 is 17.2 Å². The van der Waals surface area contributed by atoms with Crippen molar-refractivity contribution in [2.24, 2.45) is 0 Å². The molecular weight excluding hydrogens is 340 g/mol. The van der Waals surface area contributed by atoms with Gasteiger partial charge in [0.25, 0.3) is 0 Å². The van der Waals surface area contributed by atoms with E-state index in [0.29, 0.717) is 0 Å². The Kier molecular flexibility index (Phi) is 4.45. The van der Waals surface area contributed by atoms with Gasteiger partial charge in [-0.2, -0.15) is 0 Å². The molecule has 0 saturated carbocycles. The minimum atomic E-state index is -0.553. The zero-order valence-corrected chi connectivity index (χ0v) is 15.3. The Hall–Kier alpha value is -2.69. The van der Waals surface area contributed by atoms with Crippen LogP contribution in [-0.2, 0) is 5.54 Å². The Morgan fingerprint density at radius 1 is 0.808 bits per heavy atom. The van der Waals surface area contributed by atoms with Crippen molar-refractivity contribution < 1.29 is 4.74 Å². The summed E-state index contributed by atoms with van der Waals surface area (Å²) in [5, 5.41) is 7.22. The molecule has 26 heavy (non-hydrogen) atoms. The van der Waals surface area contributed by atoms with Crippen LogP contribution in [0.25, 0.3) is 0 Å². The normalized spacial score (nSPS) is 18.3. The van der Waals surface area contributed by atoms with Gasteiger partial charge in [-0.3, -0.25) is 5.32 Å². The van der Waals surface area contributed by atoms with Crippen molar-refractivity contribution in [3.63, 3.8) is 0 Å². The molecule has 0 amide bonds. The van der Waals surface area contributed by atoms with Gasteiger partial charge >= 0.3 is 0 Å². The van der Waals surface area contributed by atoms with Crippen LogP contribution in [0.3, 0.4) is 0 Å². The summed E-state index contributed by atoms with van der Waals surface area (Å²) in [6, 6.07) is 28.7. The van der Waals surface area contributed by atoms with E-state index in [0.717, 1.165) is 27.4 Å². The number of ether oxygens (including phenoxy) is 1. The molecule has 1 aliphatic heterocycles. The van der Waals surface area contributed by atoms with Gasteiger partial charge in [0.15, 0.2) is 0 Å². The molecule has 0 aliphatic carbocycles. The van der Waals surface area contributed by atoms with Gasteiger partial charge in [-0.25, -0.2) is 0 Å². The largest absolute Gasteiger partial charge is 0.497 e. The Balaban J connectivity index is 1.78. The monoisotopic (exact) mass is 360 g/mol. The summed E-state index contributed by atoms with van der Waals surface area (Å²) >= 11 is 5.84. The molecule has 3 aromatic rings. The van der Waals surface area contributed by atoms with Gasteiger partial charge < -0.3 is 10.1 Å². The Bertz CT molecular complexity index is 855. The number of hydrogen-bond acceptors (Lipinski definition) is 3. The van der Waals surface area contributed by atoms with Crippen molar-refractivity contribution in [3.05, 3.63) is 102 Å². The fraction of sp³-hybridized carbons (Fsp3) is 0.136. The van der Waals surface area contributed by atoms with E-state index < -0.39 is 5.54 Å². The molecule has 0 aromatic heterocycles. The molecule has 4 heteroatoms. The maximum Gasteiger partial charge on any atom is 0.122 e. The highest BCUT2D eigenvalue weighted by Crippen LogP contribution is 2.37. The van der Waals surface area contributed by atoms with Gasteiger partial charge in [-0.1, -0.05) is 85.0 Å². The molecule has 1 unspecified atom stereocenters. The van der Waals surface area contributed by atoms with E-state index in [1.807, 2.05) is 48.5 Å². The van der Waals surface area contributed by atoms with E-state index >= 15 is 0 Å². The summed E-state index contributed by atoms with van der Waals surface area (Å²) < 4.78 is 5.27. The van der Waals surface area contributed by atoms with Crippen LogP contribution in [0.4, 0.5) is 0 Å². The molecule has 1 saturated heterocycles. The average molecular weight is 360 g/mol. The second-order valence-electron chi connectivity index (χ2n) is 6.31. The lowest BCUT2D eigenvalue weighted by Crippen LogP contribution is -2.43. The third-order valence-corrected chi connectivity index (χ3v) is 5.26. The first-order chi connectivity index (χ1) is 12.7. The first-order valence-corrected chi connectivity index (χ1v) is 8.98. The van der Waals surface area contributed by atoms with E-state index in [9.17, 15) is 0 Å². The number of methoxy groups -OCH3 is 1.